The van der Waals surface area contributed by atoms with Gasteiger partial charge in [0.2, 0.25) is 11.8 Å². The number of nitrogens with two attached hydrogens (primary N) is 1. The fraction of sp³-hybridized carbons (Fsp3) is 0.389. The van der Waals surface area contributed by atoms with Gasteiger partial charge in [0.05, 0.1) is 6.54 Å². The smallest absolute Gasteiger partial charge is 0.219 e. The summed E-state index contributed by atoms with van der Waals surface area (Å²) in [5, 5.41) is 14.7. The van der Waals surface area contributed by atoms with Crippen molar-refractivity contribution in [1.29, 1.82) is 5.41 Å². The van der Waals surface area contributed by atoms with Gasteiger partial charge in [0.25, 0.3) is 0 Å². The van der Waals surface area contributed by atoms with Gasteiger partial charge in [-0.3, -0.25) is 15.0 Å². The van der Waals surface area contributed by atoms with Crippen LogP contribution in [0.4, 0.5) is 5.69 Å². The summed E-state index contributed by atoms with van der Waals surface area (Å²) in [6, 6.07) is 7.77. The van der Waals surface area contributed by atoms with E-state index in [1.165, 1.54) is 6.92 Å². The largest absolute Gasteiger partial charge is 0.387 e. The third-order valence-electron chi connectivity index (χ3n) is 4.09. The van der Waals surface area contributed by atoms with Crippen molar-refractivity contribution in [3.05, 3.63) is 41.1 Å². The summed E-state index contributed by atoms with van der Waals surface area (Å²) in [6.07, 6.45) is 0.845. The highest BCUT2D eigenvalue weighted by Crippen LogP contribution is 2.19. The fourth-order valence-corrected chi connectivity index (χ4v) is 2.74. The first-order valence-corrected chi connectivity index (χ1v) is 8.29. The Labute approximate surface area is 147 Å². The predicted octanol–water partition coefficient (Wildman–Crippen LogP) is 1.36. The SMILES string of the molecule is CC(=O)N1CCC(NCCC(N)=O)=C(C(=N)Nc2cccc(C)c2)C1. The molecule has 0 fully saturated rings. The summed E-state index contributed by atoms with van der Waals surface area (Å²) in [5.74, 6) is -0.140. The number of aryl methyl sites for hydroxylation is 1. The Kier molecular flexibility index (Phi) is 6.16. The second-order valence-corrected chi connectivity index (χ2v) is 6.16. The Morgan fingerprint density at radius 2 is 2.12 bits per heavy atom. The predicted molar refractivity (Wildman–Crippen MR) is 98.2 cm³/mol. The molecule has 1 aromatic rings. The van der Waals surface area contributed by atoms with Crippen LogP contribution >= 0.6 is 0 Å². The quantitative estimate of drug-likeness (QED) is 0.461. The van der Waals surface area contributed by atoms with E-state index in [9.17, 15) is 9.59 Å². The van der Waals surface area contributed by atoms with E-state index >= 15 is 0 Å². The molecule has 5 N–H and O–H groups in total. The zero-order chi connectivity index (χ0) is 18.4. The van der Waals surface area contributed by atoms with Crippen molar-refractivity contribution in [3.8, 4) is 0 Å². The monoisotopic (exact) mass is 343 g/mol. The van der Waals surface area contributed by atoms with Crippen LogP contribution in [0.3, 0.4) is 0 Å². The summed E-state index contributed by atoms with van der Waals surface area (Å²) in [7, 11) is 0. The van der Waals surface area contributed by atoms with Gasteiger partial charge in [0, 0.05) is 49.8 Å². The molecule has 1 aliphatic heterocycles. The van der Waals surface area contributed by atoms with Crippen molar-refractivity contribution in [2.75, 3.05) is 25.0 Å². The van der Waals surface area contributed by atoms with Gasteiger partial charge < -0.3 is 21.3 Å². The van der Waals surface area contributed by atoms with E-state index in [4.69, 9.17) is 11.1 Å². The summed E-state index contributed by atoms with van der Waals surface area (Å²) in [5.41, 5.74) is 8.71. The first-order chi connectivity index (χ1) is 11.9. The van der Waals surface area contributed by atoms with Gasteiger partial charge in [0.1, 0.15) is 5.84 Å². The van der Waals surface area contributed by atoms with Crippen LogP contribution in [0.2, 0.25) is 0 Å². The number of nitrogens with one attached hydrogen (secondary N) is 3. The molecule has 2 rings (SSSR count). The van der Waals surface area contributed by atoms with Gasteiger partial charge in [-0.1, -0.05) is 12.1 Å². The molecule has 2 amide bonds. The molecule has 7 nitrogen and oxygen atoms in total. The van der Waals surface area contributed by atoms with Gasteiger partial charge in [-0.15, -0.1) is 0 Å². The summed E-state index contributed by atoms with van der Waals surface area (Å²) in [6.45, 7) is 4.90. The van der Waals surface area contributed by atoms with Crippen LogP contribution in [0.15, 0.2) is 35.5 Å². The van der Waals surface area contributed by atoms with E-state index in [2.05, 4.69) is 10.6 Å². The molecule has 134 valence electrons. The topological polar surface area (TPSA) is 111 Å². The second-order valence-electron chi connectivity index (χ2n) is 6.16. The van der Waals surface area contributed by atoms with E-state index in [-0.39, 0.29) is 24.1 Å². The number of primary amides is 1. The van der Waals surface area contributed by atoms with Crippen molar-refractivity contribution in [2.24, 2.45) is 5.73 Å². The molecule has 7 heteroatoms. The molecule has 0 aliphatic carbocycles. The second kappa shape index (κ2) is 8.32. The maximum atomic E-state index is 11.7. The molecule has 0 saturated heterocycles. The maximum Gasteiger partial charge on any atom is 0.219 e. The standard InChI is InChI=1S/C18H25N5O2/c1-12-4-3-5-14(10-12)22-18(20)15-11-23(13(2)24)9-7-16(15)21-8-6-17(19)25/h3-5,10,21H,6-9,11H2,1-2H3,(H2,19,25)(H2,20,22). The van der Waals surface area contributed by atoms with E-state index in [1.54, 1.807) is 4.90 Å². The average Bonchev–Trinajstić information content (AvgIpc) is 2.54. The molecule has 1 heterocycles. The Morgan fingerprint density at radius 3 is 2.76 bits per heavy atom. The first kappa shape index (κ1) is 18.5. The van der Waals surface area contributed by atoms with Crippen LogP contribution in [0, 0.1) is 12.3 Å². The number of carbonyl (C=O) groups excluding carboxylic acids is 2. The van der Waals surface area contributed by atoms with Crippen LogP contribution in [0.5, 0.6) is 0 Å². The highest BCUT2D eigenvalue weighted by molar-refractivity contribution is 6.07. The Hall–Kier alpha value is -2.83. The lowest BCUT2D eigenvalue weighted by molar-refractivity contribution is -0.128. The minimum absolute atomic E-state index is 0.0166. The molecule has 25 heavy (non-hydrogen) atoms. The van der Waals surface area contributed by atoms with Crippen molar-refractivity contribution in [3.63, 3.8) is 0 Å². The number of amides is 2. The van der Waals surface area contributed by atoms with Crippen molar-refractivity contribution >= 4 is 23.3 Å². The van der Waals surface area contributed by atoms with Crippen molar-refractivity contribution < 1.29 is 9.59 Å². The maximum absolute atomic E-state index is 11.7. The molecule has 1 aliphatic rings. The molecule has 0 unspecified atom stereocenters. The van der Waals surface area contributed by atoms with Crippen molar-refractivity contribution in [2.45, 2.75) is 26.7 Å². The Morgan fingerprint density at radius 1 is 1.36 bits per heavy atom. The average molecular weight is 343 g/mol. The summed E-state index contributed by atoms with van der Waals surface area (Å²) in [4.78, 5) is 24.3. The van der Waals surface area contributed by atoms with E-state index in [0.29, 0.717) is 26.1 Å². The highest BCUT2D eigenvalue weighted by atomic mass is 16.2. The molecule has 1 aromatic carbocycles. The van der Waals surface area contributed by atoms with Gasteiger partial charge >= 0.3 is 0 Å². The number of anilines is 1. The lowest BCUT2D eigenvalue weighted by Gasteiger charge is -2.31. The van der Waals surface area contributed by atoms with Gasteiger partial charge in [-0.25, -0.2) is 0 Å². The molecule has 0 aromatic heterocycles. The number of rotatable bonds is 6. The van der Waals surface area contributed by atoms with E-state index < -0.39 is 0 Å². The lowest BCUT2D eigenvalue weighted by atomic mass is 10.0. The minimum atomic E-state index is -0.371. The zero-order valence-corrected chi connectivity index (χ0v) is 14.7. The molecule has 0 saturated carbocycles. The van der Waals surface area contributed by atoms with E-state index in [0.717, 1.165) is 22.5 Å². The normalized spacial score (nSPS) is 14.2. The fourth-order valence-electron chi connectivity index (χ4n) is 2.74. The van der Waals surface area contributed by atoms with Crippen molar-refractivity contribution in [1.82, 2.24) is 10.2 Å². The summed E-state index contributed by atoms with van der Waals surface area (Å²) < 4.78 is 0. The Bertz CT molecular complexity index is 711. The number of amidine groups is 1. The Balaban J connectivity index is 2.17. The number of carbonyl (C=O) groups is 2. The third kappa shape index (κ3) is 5.34. The van der Waals surface area contributed by atoms with Crippen LogP contribution in [-0.4, -0.2) is 42.2 Å². The molecule has 0 bridgehead atoms. The van der Waals surface area contributed by atoms with Gasteiger partial charge in [0.15, 0.2) is 0 Å². The van der Waals surface area contributed by atoms with Crippen LogP contribution in [0.1, 0.15) is 25.3 Å². The minimum Gasteiger partial charge on any atom is -0.387 e. The van der Waals surface area contributed by atoms with Gasteiger partial charge in [-0.2, -0.15) is 0 Å². The lowest BCUT2D eigenvalue weighted by Crippen LogP contribution is -2.41. The van der Waals surface area contributed by atoms with Crippen LogP contribution < -0.4 is 16.4 Å². The van der Waals surface area contributed by atoms with Crippen LogP contribution in [-0.2, 0) is 9.59 Å². The number of hydrogen-bond donors (Lipinski definition) is 4. The zero-order valence-electron chi connectivity index (χ0n) is 14.7. The molecule has 0 atom stereocenters. The summed E-state index contributed by atoms with van der Waals surface area (Å²) >= 11 is 0. The number of benzene rings is 1. The highest BCUT2D eigenvalue weighted by Gasteiger charge is 2.23. The third-order valence-corrected chi connectivity index (χ3v) is 4.09. The first-order valence-electron chi connectivity index (χ1n) is 8.29. The molecular weight excluding hydrogens is 318 g/mol. The number of nitrogens with zero attached hydrogens (tertiary/aromatic N) is 1. The van der Waals surface area contributed by atoms with Gasteiger partial charge in [-0.05, 0) is 24.6 Å². The molecule has 0 spiro atoms. The molecular formula is C18H25N5O2. The molecule has 0 radical (unpaired) electrons. The number of hydrogen-bond acceptors (Lipinski definition) is 4. The van der Waals surface area contributed by atoms with E-state index in [1.807, 2.05) is 31.2 Å². The van der Waals surface area contributed by atoms with Crippen LogP contribution in [0.25, 0.3) is 0 Å².